The maximum atomic E-state index is 11.7. The van der Waals surface area contributed by atoms with Crippen LogP contribution in [0, 0.1) is 6.92 Å². The van der Waals surface area contributed by atoms with Gasteiger partial charge in [0, 0.05) is 12.1 Å². The highest BCUT2D eigenvalue weighted by Crippen LogP contribution is 2.28. The van der Waals surface area contributed by atoms with Gasteiger partial charge in [-0.1, -0.05) is 36.4 Å². The lowest BCUT2D eigenvalue weighted by molar-refractivity contribution is 0.0187. The van der Waals surface area contributed by atoms with Crippen LogP contribution in [0.25, 0.3) is 0 Å². The number of anilines is 1. The first kappa shape index (κ1) is 20.2. The highest BCUT2D eigenvalue weighted by molar-refractivity contribution is 5.94. The summed E-state index contributed by atoms with van der Waals surface area (Å²) in [6.07, 6.45) is -3.63. The lowest BCUT2D eigenvalue weighted by Gasteiger charge is -2.21. The zero-order valence-electron chi connectivity index (χ0n) is 14.8. The van der Waals surface area contributed by atoms with E-state index in [2.05, 4.69) is 5.32 Å². The molecule has 0 spiro atoms. The normalized spacial score (nSPS) is 12.9. The summed E-state index contributed by atoms with van der Waals surface area (Å²) >= 11 is 0. The Morgan fingerprint density at radius 1 is 1.19 bits per heavy atom. The molecule has 0 aromatic heterocycles. The summed E-state index contributed by atoms with van der Waals surface area (Å²) in [4.78, 5) is 22.9. The van der Waals surface area contributed by atoms with Gasteiger partial charge in [0.15, 0.2) is 0 Å². The smallest absolute Gasteiger partial charge is 0.407 e. The van der Waals surface area contributed by atoms with E-state index in [0.29, 0.717) is 5.56 Å². The topological polar surface area (TPSA) is 142 Å². The molecule has 0 aliphatic heterocycles. The first-order chi connectivity index (χ1) is 12.8. The lowest BCUT2D eigenvalue weighted by Crippen LogP contribution is -2.36. The molecular formula is C19H22N2O6. The minimum atomic E-state index is -1.47. The number of benzene rings is 2. The number of amides is 1. The zero-order chi connectivity index (χ0) is 20.0. The monoisotopic (exact) mass is 374 g/mol. The second-order valence-corrected chi connectivity index (χ2v) is 6.08. The highest BCUT2D eigenvalue weighted by atomic mass is 16.5. The van der Waals surface area contributed by atoms with Gasteiger partial charge in [0.25, 0.3) is 0 Å². The fourth-order valence-electron chi connectivity index (χ4n) is 2.53. The van der Waals surface area contributed by atoms with Gasteiger partial charge < -0.3 is 31.1 Å². The van der Waals surface area contributed by atoms with Gasteiger partial charge >= 0.3 is 12.1 Å². The minimum Gasteiger partial charge on any atom is -0.478 e. The van der Waals surface area contributed by atoms with Crippen molar-refractivity contribution in [2.24, 2.45) is 0 Å². The van der Waals surface area contributed by atoms with Crippen molar-refractivity contribution in [1.29, 1.82) is 0 Å². The van der Waals surface area contributed by atoms with E-state index >= 15 is 0 Å². The molecule has 8 heteroatoms. The average molecular weight is 374 g/mol. The molecule has 0 bridgehead atoms. The number of carboxylic acids is 1. The molecule has 0 fully saturated rings. The standard InChI is InChI=1S/C19H22N2O6/c1-11-7-13(16(20)14(8-11)18(24)25)17(23)15(22)9-21-19(26)27-10-12-5-3-2-4-6-12/h2-8,15,17,22-23H,9-10,20H2,1H3,(H,21,26)(H,24,25). The second-order valence-electron chi connectivity index (χ2n) is 6.08. The number of ether oxygens (including phenoxy) is 1. The molecule has 6 N–H and O–H groups in total. The molecule has 144 valence electrons. The summed E-state index contributed by atoms with van der Waals surface area (Å²) in [6, 6.07) is 11.9. The van der Waals surface area contributed by atoms with Crippen LogP contribution >= 0.6 is 0 Å². The first-order valence-corrected chi connectivity index (χ1v) is 8.23. The van der Waals surface area contributed by atoms with E-state index < -0.39 is 24.3 Å². The number of rotatable bonds is 7. The third-order valence-corrected chi connectivity index (χ3v) is 3.94. The summed E-state index contributed by atoms with van der Waals surface area (Å²) in [6.45, 7) is 1.41. The number of carbonyl (C=O) groups excluding carboxylic acids is 1. The molecule has 0 aliphatic rings. The third-order valence-electron chi connectivity index (χ3n) is 3.94. The molecular weight excluding hydrogens is 352 g/mol. The Morgan fingerprint density at radius 3 is 2.48 bits per heavy atom. The fraction of sp³-hybridized carbons (Fsp3) is 0.263. The molecule has 0 saturated carbocycles. The van der Waals surface area contributed by atoms with Crippen molar-refractivity contribution >= 4 is 17.7 Å². The van der Waals surface area contributed by atoms with Gasteiger partial charge in [-0.3, -0.25) is 0 Å². The quantitative estimate of drug-likeness (QED) is 0.463. The molecule has 2 aromatic rings. The number of nitrogens with one attached hydrogen (secondary N) is 1. The summed E-state index contributed by atoms with van der Waals surface area (Å²) < 4.78 is 5.01. The summed E-state index contributed by atoms with van der Waals surface area (Å²) in [5.41, 5.74) is 6.96. The van der Waals surface area contributed by atoms with E-state index in [1.54, 1.807) is 19.1 Å². The predicted octanol–water partition coefficient (Wildman–Crippen LogP) is 1.60. The Labute approximate surface area is 156 Å². The highest BCUT2D eigenvalue weighted by Gasteiger charge is 2.24. The minimum absolute atomic E-state index is 0.0676. The van der Waals surface area contributed by atoms with Gasteiger partial charge in [0.2, 0.25) is 0 Å². The molecule has 8 nitrogen and oxygen atoms in total. The van der Waals surface area contributed by atoms with Crippen molar-refractivity contribution in [2.45, 2.75) is 25.7 Å². The summed E-state index contributed by atoms with van der Waals surface area (Å²) in [7, 11) is 0. The van der Waals surface area contributed by atoms with Gasteiger partial charge in [-0.25, -0.2) is 9.59 Å². The van der Waals surface area contributed by atoms with Crippen molar-refractivity contribution in [1.82, 2.24) is 5.32 Å². The number of aliphatic hydroxyl groups excluding tert-OH is 2. The molecule has 27 heavy (non-hydrogen) atoms. The molecule has 2 rings (SSSR count). The van der Waals surface area contributed by atoms with Gasteiger partial charge in [-0.2, -0.15) is 0 Å². The van der Waals surface area contributed by atoms with E-state index in [0.717, 1.165) is 5.56 Å². The van der Waals surface area contributed by atoms with Crippen LogP contribution in [0.2, 0.25) is 0 Å². The third kappa shape index (κ3) is 5.44. The van der Waals surface area contributed by atoms with E-state index in [1.165, 1.54) is 12.1 Å². The number of aromatic carboxylic acids is 1. The van der Waals surface area contributed by atoms with Crippen LogP contribution in [-0.2, 0) is 11.3 Å². The Morgan fingerprint density at radius 2 is 1.85 bits per heavy atom. The van der Waals surface area contributed by atoms with E-state index in [1.807, 2.05) is 18.2 Å². The van der Waals surface area contributed by atoms with E-state index in [-0.39, 0.29) is 30.0 Å². The largest absolute Gasteiger partial charge is 0.478 e. The Balaban J connectivity index is 1.94. The average Bonchev–Trinajstić information content (AvgIpc) is 2.66. The second kappa shape index (κ2) is 9.02. The van der Waals surface area contributed by atoms with E-state index in [4.69, 9.17) is 15.6 Å². The Kier molecular flexibility index (Phi) is 6.75. The van der Waals surface area contributed by atoms with Crippen LogP contribution in [0.5, 0.6) is 0 Å². The molecule has 0 heterocycles. The summed E-state index contributed by atoms with van der Waals surface area (Å²) in [5.74, 6) is -1.23. The van der Waals surface area contributed by atoms with Crippen LogP contribution < -0.4 is 11.1 Å². The van der Waals surface area contributed by atoms with E-state index in [9.17, 15) is 19.8 Å². The van der Waals surface area contributed by atoms with Crippen molar-refractivity contribution in [3.8, 4) is 0 Å². The van der Waals surface area contributed by atoms with Gasteiger partial charge in [0.1, 0.15) is 18.8 Å². The molecule has 0 radical (unpaired) electrons. The number of carboxylic acid groups (broad SMARTS) is 1. The Hall–Kier alpha value is -3.10. The number of alkyl carbamates (subject to hydrolysis) is 1. The lowest BCUT2D eigenvalue weighted by atomic mass is 9.96. The van der Waals surface area contributed by atoms with Crippen LogP contribution in [0.1, 0.15) is 33.2 Å². The van der Waals surface area contributed by atoms with Crippen molar-refractivity contribution < 1.29 is 29.6 Å². The van der Waals surface area contributed by atoms with Crippen molar-refractivity contribution in [3.63, 3.8) is 0 Å². The molecule has 2 atom stereocenters. The number of aryl methyl sites for hydroxylation is 1. The van der Waals surface area contributed by atoms with Crippen LogP contribution in [0.15, 0.2) is 42.5 Å². The molecule has 0 aliphatic carbocycles. The van der Waals surface area contributed by atoms with Gasteiger partial charge in [-0.15, -0.1) is 0 Å². The van der Waals surface area contributed by atoms with Crippen molar-refractivity contribution in [2.75, 3.05) is 12.3 Å². The van der Waals surface area contributed by atoms with Crippen molar-refractivity contribution in [3.05, 3.63) is 64.7 Å². The molecule has 2 unspecified atom stereocenters. The maximum Gasteiger partial charge on any atom is 0.407 e. The summed E-state index contributed by atoms with van der Waals surface area (Å²) in [5, 5.41) is 31.9. The molecule has 1 amide bonds. The molecule has 2 aromatic carbocycles. The van der Waals surface area contributed by atoms with Crippen LogP contribution in [0.3, 0.4) is 0 Å². The fourth-order valence-corrected chi connectivity index (χ4v) is 2.53. The first-order valence-electron chi connectivity index (χ1n) is 8.23. The number of carbonyl (C=O) groups is 2. The van der Waals surface area contributed by atoms with Crippen LogP contribution in [-0.4, -0.2) is 40.0 Å². The zero-order valence-corrected chi connectivity index (χ0v) is 14.8. The number of hydrogen-bond acceptors (Lipinski definition) is 6. The van der Waals surface area contributed by atoms with Crippen LogP contribution in [0.4, 0.5) is 10.5 Å². The molecule has 0 saturated heterocycles. The number of hydrogen-bond donors (Lipinski definition) is 5. The number of nitrogen functional groups attached to an aromatic ring is 1. The predicted molar refractivity (Wildman–Crippen MR) is 98.1 cm³/mol. The number of nitrogens with two attached hydrogens (primary N) is 1. The SMILES string of the molecule is Cc1cc(C(=O)O)c(N)c(C(O)C(O)CNC(=O)OCc2ccccc2)c1. The Bertz CT molecular complexity index is 809. The van der Waals surface area contributed by atoms with Gasteiger partial charge in [0.05, 0.1) is 11.3 Å². The van der Waals surface area contributed by atoms with Gasteiger partial charge in [-0.05, 0) is 24.1 Å². The number of aliphatic hydroxyl groups is 2. The maximum absolute atomic E-state index is 11.7.